The molecule has 0 amide bonds. The van der Waals surface area contributed by atoms with Gasteiger partial charge in [-0.25, -0.2) is 4.79 Å². The molecule has 2 aromatic rings. The molecule has 0 fully saturated rings. The van der Waals surface area contributed by atoms with E-state index in [1.54, 1.807) is 41.1 Å². The van der Waals surface area contributed by atoms with Crippen molar-refractivity contribution in [3.63, 3.8) is 0 Å². The largest absolute Gasteiger partial charge is 0.423 e. The molecule has 0 aliphatic rings. The van der Waals surface area contributed by atoms with Crippen molar-refractivity contribution in [2.45, 2.75) is 13.5 Å². The van der Waals surface area contributed by atoms with Gasteiger partial charge in [-0.3, -0.25) is 0 Å². The quantitative estimate of drug-likeness (QED) is 0.685. The smallest absolute Gasteiger partial charge is 0.347 e. The Kier molecular flexibility index (Phi) is 3.58. The summed E-state index contributed by atoms with van der Waals surface area (Å²) in [5.41, 5.74) is 6.20. The Balaban J connectivity index is 2.16. The summed E-state index contributed by atoms with van der Waals surface area (Å²) >= 11 is 5.75. The molecule has 4 nitrogen and oxygen atoms in total. The molecule has 18 heavy (non-hydrogen) atoms. The lowest BCUT2D eigenvalue weighted by Gasteiger charge is -2.05. The Morgan fingerprint density at radius 2 is 2.00 bits per heavy atom. The highest BCUT2D eigenvalue weighted by Gasteiger charge is 2.15. The lowest BCUT2D eigenvalue weighted by Crippen LogP contribution is -2.11. The third kappa shape index (κ3) is 2.49. The third-order valence-corrected chi connectivity index (χ3v) is 2.84. The van der Waals surface area contributed by atoms with Crippen LogP contribution in [-0.2, 0) is 6.54 Å². The van der Waals surface area contributed by atoms with Gasteiger partial charge in [0.05, 0.1) is 0 Å². The van der Waals surface area contributed by atoms with Crippen molar-refractivity contribution in [1.82, 2.24) is 4.57 Å². The van der Waals surface area contributed by atoms with Gasteiger partial charge in [0.1, 0.15) is 17.1 Å². The first kappa shape index (κ1) is 12.5. The molecule has 0 spiro atoms. The molecule has 0 unspecified atom stereocenters. The molecule has 1 aromatic heterocycles. The van der Waals surface area contributed by atoms with E-state index in [0.29, 0.717) is 28.7 Å². The van der Waals surface area contributed by atoms with Crippen molar-refractivity contribution in [1.29, 1.82) is 0 Å². The van der Waals surface area contributed by atoms with E-state index in [1.807, 2.05) is 6.92 Å². The zero-order valence-electron chi connectivity index (χ0n) is 9.89. The van der Waals surface area contributed by atoms with E-state index in [1.165, 1.54) is 0 Å². The molecule has 0 saturated heterocycles. The van der Waals surface area contributed by atoms with Crippen molar-refractivity contribution in [2.75, 3.05) is 5.73 Å². The Morgan fingerprint density at radius 1 is 1.33 bits per heavy atom. The van der Waals surface area contributed by atoms with Crippen LogP contribution in [0.4, 0.5) is 5.82 Å². The molecule has 1 aromatic carbocycles. The van der Waals surface area contributed by atoms with Gasteiger partial charge in [0, 0.05) is 17.8 Å². The molecule has 94 valence electrons. The molecular weight excluding hydrogens is 252 g/mol. The van der Waals surface area contributed by atoms with Gasteiger partial charge >= 0.3 is 5.97 Å². The predicted octanol–water partition coefficient (Wildman–Crippen LogP) is 2.96. The number of carbonyl (C=O) groups is 1. The van der Waals surface area contributed by atoms with Crippen LogP contribution < -0.4 is 10.5 Å². The number of benzene rings is 1. The molecule has 2 N–H and O–H groups in total. The highest BCUT2D eigenvalue weighted by atomic mass is 35.5. The van der Waals surface area contributed by atoms with E-state index in [0.717, 1.165) is 0 Å². The summed E-state index contributed by atoms with van der Waals surface area (Å²) < 4.78 is 6.98. The number of nitrogens with two attached hydrogens (primary N) is 1. The molecule has 0 saturated carbocycles. The molecular formula is C13H13ClN2O2. The predicted molar refractivity (Wildman–Crippen MR) is 70.9 cm³/mol. The lowest BCUT2D eigenvalue weighted by atomic mass is 10.3. The zero-order valence-corrected chi connectivity index (χ0v) is 10.6. The Morgan fingerprint density at radius 3 is 2.56 bits per heavy atom. The number of aromatic nitrogens is 1. The van der Waals surface area contributed by atoms with E-state index >= 15 is 0 Å². The first-order chi connectivity index (χ1) is 8.61. The summed E-state index contributed by atoms with van der Waals surface area (Å²) in [6.07, 6.45) is 1.76. The van der Waals surface area contributed by atoms with E-state index in [2.05, 4.69) is 0 Å². The van der Waals surface area contributed by atoms with Crippen LogP contribution in [0.3, 0.4) is 0 Å². The van der Waals surface area contributed by atoms with E-state index in [-0.39, 0.29) is 0 Å². The normalized spacial score (nSPS) is 10.3. The summed E-state index contributed by atoms with van der Waals surface area (Å²) in [5, 5.41) is 0.589. The first-order valence-electron chi connectivity index (χ1n) is 5.54. The molecule has 2 rings (SSSR count). The molecule has 5 heteroatoms. The van der Waals surface area contributed by atoms with Crippen LogP contribution in [0.1, 0.15) is 17.3 Å². The molecule has 0 atom stereocenters. The van der Waals surface area contributed by atoms with Crippen LogP contribution in [0, 0.1) is 0 Å². The maximum absolute atomic E-state index is 11.9. The van der Waals surface area contributed by atoms with Gasteiger partial charge in [-0.1, -0.05) is 11.6 Å². The van der Waals surface area contributed by atoms with Crippen LogP contribution in [0.15, 0.2) is 36.5 Å². The monoisotopic (exact) mass is 264 g/mol. The zero-order chi connectivity index (χ0) is 13.1. The number of hydrogen-bond acceptors (Lipinski definition) is 3. The number of hydrogen-bond donors (Lipinski definition) is 1. The van der Waals surface area contributed by atoms with Crippen LogP contribution in [-0.4, -0.2) is 10.5 Å². The molecule has 0 radical (unpaired) electrons. The number of rotatable bonds is 3. The minimum Gasteiger partial charge on any atom is -0.423 e. The number of carbonyl (C=O) groups excluding carboxylic acids is 1. The van der Waals surface area contributed by atoms with Crippen molar-refractivity contribution in [3.05, 3.63) is 47.1 Å². The third-order valence-electron chi connectivity index (χ3n) is 2.59. The highest BCUT2D eigenvalue weighted by Crippen LogP contribution is 2.19. The summed E-state index contributed by atoms with van der Waals surface area (Å²) in [6.45, 7) is 2.66. The number of esters is 1. The molecule has 0 bridgehead atoms. The summed E-state index contributed by atoms with van der Waals surface area (Å²) in [7, 11) is 0. The van der Waals surface area contributed by atoms with Gasteiger partial charge in [-0.05, 0) is 37.3 Å². The standard InChI is InChI=1S/C13H13ClN2O2/c1-2-16-8-7-11(12(16)15)13(17)18-10-5-3-9(14)4-6-10/h3-8H,2,15H2,1H3. The minimum absolute atomic E-state index is 0.367. The van der Waals surface area contributed by atoms with E-state index < -0.39 is 5.97 Å². The van der Waals surface area contributed by atoms with Crippen molar-refractivity contribution in [2.24, 2.45) is 0 Å². The van der Waals surface area contributed by atoms with E-state index in [4.69, 9.17) is 22.1 Å². The SMILES string of the molecule is CCn1ccc(C(=O)Oc2ccc(Cl)cc2)c1N. The fourth-order valence-corrected chi connectivity index (χ4v) is 1.72. The van der Waals surface area contributed by atoms with Gasteiger partial charge in [-0.2, -0.15) is 0 Å². The van der Waals surface area contributed by atoms with Gasteiger partial charge in [0.15, 0.2) is 0 Å². The van der Waals surface area contributed by atoms with Crippen molar-refractivity contribution in [3.8, 4) is 5.75 Å². The van der Waals surface area contributed by atoms with E-state index in [9.17, 15) is 4.79 Å². The Hall–Kier alpha value is -1.94. The van der Waals surface area contributed by atoms with Crippen LogP contribution in [0.5, 0.6) is 5.75 Å². The van der Waals surface area contributed by atoms with Crippen LogP contribution >= 0.6 is 11.6 Å². The number of anilines is 1. The number of nitrogens with zero attached hydrogens (tertiary/aromatic N) is 1. The number of nitrogen functional groups attached to an aromatic ring is 1. The van der Waals surface area contributed by atoms with Crippen LogP contribution in [0.25, 0.3) is 0 Å². The van der Waals surface area contributed by atoms with Gasteiger partial charge in [-0.15, -0.1) is 0 Å². The van der Waals surface area contributed by atoms with Gasteiger partial charge in [0.25, 0.3) is 0 Å². The minimum atomic E-state index is -0.470. The maximum atomic E-state index is 11.9. The second kappa shape index (κ2) is 5.14. The lowest BCUT2D eigenvalue weighted by molar-refractivity contribution is 0.0736. The average molecular weight is 265 g/mol. The Bertz CT molecular complexity index is 561. The summed E-state index contributed by atoms with van der Waals surface area (Å²) in [5.74, 6) is 0.381. The molecule has 0 aliphatic heterocycles. The second-order valence-electron chi connectivity index (χ2n) is 3.74. The van der Waals surface area contributed by atoms with Crippen molar-refractivity contribution < 1.29 is 9.53 Å². The maximum Gasteiger partial charge on any atom is 0.347 e. The van der Waals surface area contributed by atoms with Crippen molar-refractivity contribution >= 4 is 23.4 Å². The number of aryl methyl sites for hydroxylation is 1. The average Bonchev–Trinajstić information content (AvgIpc) is 2.73. The highest BCUT2D eigenvalue weighted by molar-refractivity contribution is 6.30. The summed E-state index contributed by atoms with van der Waals surface area (Å²) in [4.78, 5) is 11.9. The fourth-order valence-electron chi connectivity index (χ4n) is 1.60. The van der Waals surface area contributed by atoms with Gasteiger partial charge in [0.2, 0.25) is 0 Å². The number of ether oxygens (including phenoxy) is 1. The fraction of sp³-hybridized carbons (Fsp3) is 0.154. The molecule has 1 heterocycles. The summed E-state index contributed by atoms with van der Waals surface area (Å²) in [6, 6.07) is 8.23. The number of halogens is 1. The first-order valence-corrected chi connectivity index (χ1v) is 5.92. The van der Waals surface area contributed by atoms with Crippen LogP contribution in [0.2, 0.25) is 5.02 Å². The Labute approximate surface area is 110 Å². The topological polar surface area (TPSA) is 57.2 Å². The second-order valence-corrected chi connectivity index (χ2v) is 4.18. The van der Waals surface area contributed by atoms with Gasteiger partial charge < -0.3 is 15.0 Å². The molecule has 0 aliphatic carbocycles.